The molecule has 0 atom stereocenters. The van der Waals surface area contributed by atoms with Crippen LogP contribution in [-0.4, -0.2) is 4.92 Å². The minimum Gasteiger partial charge on any atom is -0.258 e. The van der Waals surface area contributed by atoms with Gasteiger partial charge in [0, 0.05) is 11.6 Å². The summed E-state index contributed by atoms with van der Waals surface area (Å²) < 4.78 is 0. The smallest absolute Gasteiger partial charge is 0.258 e. The number of rotatable bonds is 1. The van der Waals surface area contributed by atoms with Gasteiger partial charge in [0.25, 0.3) is 5.69 Å². The molecule has 0 aliphatic heterocycles. The molecule has 0 N–H and O–H groups in total. The summed E-state index contributed by atoms with van der Waals surface area (Å²) in [6.07, 6.45) is 0. The molecule has 0 amide bonds. The van der Waals surface area contributed by atoms with Crippen LogP contribution in [0.1, 0.15) is 5.56 Å². The maximum atomic E-state index is 10.2. The van der Waals surface area contributed by atoms with Crippen molar-refractivity contribution in [2.75, 3.05) is 0 Å². The number of hydrogen-bond donors (Lipinski definition) is 0. The summed E-state index contributed by atoms with van der Waals surface area (Å²) >= 11 is 0. The number of benzene rings is 1. The molecule has 0 radical (unpaired) electrons. The molecule has 0 aliphatic carbocycles. The number of aryl methyl sites for hydroxylation is 1. The Morgan fingerprint density at radius 3 is 2.27 bits per heavy atom. The highest BCUT2D eigenvalue weighted by atomic mass is 79.9. The first kappa shape index (κ1) is 10.1. The minimum atomic E-state index is -0.380. The monoisotopic (exact) mass is 217 g/mol. The van der Waals surface area contributed by atoms with Crippen LogP contribution in [0.25, 0.3) is 0 Å². The van der Waals surface area contributed by atoms with Crippen molar-refractivity contribution < 1.29 is 4.92 Å². The van der Waals surface area contributed by atoms with Crippen molar-refractivity contribution >= 4 is 22.7 Å². The van der Waals surface area contributed by atoms with Crippen LogP contribution in [0.15, 0.2) is 24.3 Å². The number of para-hydroxylation sites is 1. The first-order valence-corrected chi connectivity index (χ1v) is 2.92. The van der Waals surface area contributed by atoms with Crippen LogP contribution < -0.4 is 0 Å². The molecule has 1 aromatic carbocycles. The van der Waals surface area contributed by atoms with Crippen LogP contribution in [0.4, 0.5) is 5.69 Å². The molecule has 0 heterocycles. The van der Waals surface area contributed by atoms with Crippen molar-refractivity contribution in [3.05, 3.63) is 39.9 Å². The fourth-order valence-corrected chi connectivity index (χ4v) is 0.768. The molecule has 11 heavy (non-hydrogen) atoms. The minimum absolute atomic E-state index is 0. The molecule has 0 fully saturated rings. The topological polar surface area (TPSA) is 43.1 Å². The third kappa shape index (κ3) is 2.31. The van der Waals surface area contributed by atoms with Gasteiger partial charge in [0.05, 0.1) is 4.92 Å². The van der Waals surface area contributed by atoms with E-state index >= 15 is 0 Å². The molecule has 0 spiro atoms. The summed E-state index contributed by atoms with van der Waals surface area (Å²) in [6, 6.07) is 6.65. The van der Waals surface area contributed by atoms with Crippen LogP contribution in [-0.2, 0) is 0 Å². The Morgan fingerprint density at radius 2 is 1.91 bits per heavy atom. The summed E-state index contributed by atoms with van der Waals surface area (Å²) in [5, 5.41) is 10.2. The van der Waals surface area contributed by atoms with Crippen LogP contribution in [0.3, 0.4) is 0 Å². The Hall–Kier alpha value is -0.900. The van der Waals surface area contributed by atoms with E-state index in [1.807, 2.05) is 0 Å². The molecule has 0 saturated carbocycles. The zero-order valence-electron chi connectivity index (χ0n) is 5.98. The first-order valence-electron chi connectivity index (χ1n) is 2.92. The van der Waals surface area contributed by atoms with E-state index in [0.717, 1.165) is 0 Å². The van der Waals surface area contributed by atoms with Crippen molar-refractivity contribution in [2.45, 2.75) is 6.92 Å². The first-order chi connectivity index (χ1) is 4.72. The van der Waals surface area contributed by atoms with Gasteiger partial charge in [-0.1, -0.05) is 18.2 Å². The van der Waals surface area contributed by atoms with Gasteiger partial charge in [-0.3, -0.25) is 10.1 Å². The van der Waals surface area contributed by atoms with E-state index in [2.05, 4.69) is 0 Å². The Labute approximate surface area is 75.0 Å². The standard InChI is InChI=1S/C7H7NO2.BrH/c1-6-4-2-3-5-7(6)8(9)10;/h2-5H,1H3;1H. The second-order valence-corrected chi connectivity index (χ2v) is 2.04. The van der Waals surface area contributed by atoms with Gasteiger partial charge in [0.15, 0.2) is 0 Å². The largest absolute Gasteiger partial charge is 0.272 e. The maximum Gasteiger partial charge on any atom is 0.272 e. The van der Waals surface area contributed by atoms with Crippen LogP contribution in [0, 0.1) is 17.0 Å². The molecule has 0 bridgehead atoms. The van der Waals surface area contributed by atoms with Crippen LogP contribution >= 0.6 is 17.0 Å². The van der Waals surface area contributed by atoms with Crippen LogP contribution in [0.5, 0.6) is 0 Å². The SMILES string of the molecule is Br.Cc1ccccc1[N+](=O)[O-]. The number of nitrogens with zero attached hydrogens (tertiary/aromatic N) is 1. The van der Waals surface area contributed by atoms with E-state index in [1.165, 1.54) is 6.07 Å². The van der Waals surface area contributed by atoms with E-state index in [-0.39, 0.29) is 27.6 Å². The maximum absolute atomic E-state index is 10.2. The quantitative estimate of drug-likeness (QED) is 0.536. The average molecular weight is 218 g/mol. The van der Waals surface area contributed by atoms with Crippen molar-refractivity contribution in [1.82, 2.24) is 0 Å². The lowest BCUT2D eigenvalue weighted by atomic mass is 10.2. The van der Waals surface area contributed by atoms with E-state index < -0.39 is 0 Å². The fourth-order valence-electron chi connectivity index (χ4n) is 0.768. The van der Waals surface area contributed by atoms with Gasteiger partial charge in [-0.15, -0.1) is 17.0 Å². The molecular formula is C7H8BrNO2. The highest BCUT2D eigenvalue weighted by molar-refractivity contribution is 8.93. The molecule has 0 unspecified atom stereocenters. The van der Waals surface area contributed by atoms with Gasteiger partial charge < -0.3 is 0 Å². The molecule has 3 nitrogen and oxygen atoms in total. The van der Waals surface area contributed by atoms with Crippen molar-refractivity contribution in [3.63, 3.8) is 0 Å². The predicted octanol–water partition coefficient (Wildman–Crippen LogP) is 2.48. The zero-order chi connectivity index (χ0) is 7.56. The Bertz CT molecular complexity index is 262. The van der Waals surface area contributed by atoms with Gasteiger partial charge >= 0.3 is 0 Å². The van der Waals surface area contributed by atoms with Crippen molar-refractivity contribution in [3.8, 4) is 0 Å². The fraction of sp³-hybridized carbons (Fsp3) is 0.143. The average Bonchev–Trinajstić information content (AvgIpc) is 1.88. The van der Waals surface area contributed by atoms with E-state index in [1.54, 1.807) is 25.1 Å². The van der Waals surface area contributed by atoms with Gasteiger partial charge in [0.2, 0.25) is 0 Å². The van der Waals surface area contributed by atoms with Gasteiger partial charge in [-0.05, 0) is 6.92 Å². The van der Waals surface area contributed by atoms with E-state index in [4.69, 9.17) is 0 Å². The Kier molecular flexibility index (Phi) is 3.74. The lowest BCUT2D eigenvalue weighted by Gasteiger charge is -1.92. The molecular weight excluding hydrogens is 210 g/mol. The summed E-state index contributed by atoms with van der Waals surface area (Å²) in [4.78, 5) is 9.85. The number of halogens is 1. The zero-order valence-corrected chi connectivity index (χ0v) is 7.69. The van der Waals surface area contributed by atoms with E-state index in [0.29, 0.717) is 5.56 Å². The summed E-state index contributed by atoms with van der Waals surface area (Å²) in [5.41, 5.74) is 0.884. The molecule has 4 heteroatoms. The highest BCUT2D eigenvalue weighted by Gasteiger charge is 2.05. The second-order valence-electron chi connectivity index (χ2n) is 2.04. The number of nitro groups is 1. The number of hydrogen-bond acceptors (Lipinski definition) is 2. The molecule has 1 rings (SSSR count). The van der Waals surface area contributed by atoms with Crippen molar-refractivity contribution in [1.29, 1.82) is 0 Å². The molecule has 1 aromatic rings. The lowest BCUT2D eigenvalue weighted by Crippen LogP contribution is -1.89. The summed E-state index contributed by atoms with van der Waals surface area (Å²) in [5.74, 6) is 0. The summed E-state index contributed by atoms with van der Waals surface area (Å²) in [7, 11) is 0. The normalized spacial score (nSPS) is 8.45. The van der Waals surface area contributed by atoms with Crippen LogP contribution in [0.2, 0.25) is 0 Å². The highest BCUT2D eigenvalue weighted by Crippen LogP contribution is 2.14. The molecule has 60 valence electrons. The second kappa shape index (κ2) is 4.08. The molecule has 0 aromatic heterocycles. The number of nitro benzene ring substituents is 1. The third-order valence-electron chi connectivity index (χ3n) is 1.31. The molecule has 0 saturated heterocycles. The van der Waals surface area contributed by atoms with Gasteiger partial charge in [-0.2, -0.15) is 0 Å². The molecule has 0 aliphatic rings. The third-order valence-corrected chi connectivity index (χ3v) is 1.31. The predicted molar refractivity (Wildman–Crippen MR) is 48.2 cm³/mol. The summed E-state index contributed by atoms with van der Waals surface area (Å²) in [6.45, 7) is 1.72. The van der Waals surface area contributed by atoms with E-state index in [9.17, 15) is 10.1 Å². The van der Waals surface area contributed by atoms with Gasteiger partial charge in [0.1, 0.15) is 0 Å². The Morgan fingerprint density at radius 1 is 1.36 bits per heavy atom. The van der Waals surface area contributed by atoms with Crippen molar-refractivity contribution in [2.24, 2.45) is 0 Å². The Balaban J connectivity index is 0.000001000. The van der Waals surface area contributed by atoms with Gasteiger partial charge in [-0.25, -0.2) is 0 Å². The lowest BCUT2D eigenvalue weighted by molar-refractivity contribution is -0.385.